The molecule has 2 aromatic rings. The van der Waals surface area contributed by atoms with Crippen molar-refractivity contribution in [2.24, 2.45) is 0 Å². The molecule has 1 aliphatic rings. The minimum atomic E-state index is -0.0894. The van der Waals surface area contributed by atoms with Gasteiger partial charge >= 0.3 is 0 Å². The molecule has 5 nitrogen and oxygen atoms in total. The molecule has 0 bridgehead atoms. The Bertz CT molecular complexity index is 876. The molecule has 0 spiro atoms. The van der Waals surface area contributed by atoms with Gasteiger partial charge in [-0.3, -0.25) is 14.5 Å². The average Bonchev–Trinajstić information content (AvgIpc) is 2.80. The molecule has 32 heavy (non-hydrogen) atoms. The Hall–Kier alpha value is -2.37. The molecule has 0 aromatic heterocycles. The van der Waals surface area contributed by atoms with Gasteiger partial charge < -0.3 is 10.6 Å². The highest BCUT2D eigenvalue weighted by molar-refractivity contribution is 6.30. The van der Waals surface area contributed by atoms with E-state index in [9.17, 15) is 9.59 Å². The second kappa shape index (κ2) is 11.5. The number of rotatable bonds is 9. The van der Waals surface area contributed by atoms with Crippen LogP contribution in [0.3, 0.4) is 0 Å². The molecule has 0 aliphatic heterocycles. The first-order valence-electron chi connectivity index (χ1n) is 11.4. The first-order chi connectivity index (χ1) is 15.4. The molecule has 2 N–H and O–H groups in total. The Morgan fingerprint density at radius 2 is 1.59 bits per heavy atom. The zero-order chi connectivity index (χ0) is 23.0. The van der Waals surface area contributed by atoms with Gasteiger partial charge in [-0.05, 0) is 69.5 Å². The van der Waals surface area contributed by atoms with Crippen molar-refractivity contribution in [2.45, 2.75) is 56.5 Å². The minimum absolute atomic E-state index is 0.0203. The van der Waals surface area contributed by atoms with Gasteiger partial charge in [0.15, 0.2) is 0 Å². The van der Waals surface area contributed by atoms with Crippen LogP contribution in [0.1, 0.15) is 49.7 Å². The molecule has 0 unspecified atom stereocenters. The maximum absolute atomic E-state index is 12.4. The standard InChI is InChI=1S/C26H34ClN3O2/c1-30(2)26(21-6-4-3-5-7-21)17-14-23(15-18-26)29-25(32)13-12-24(31)28-19-16-20-8-10-22(27)11-9-20/h3-11,23H,12-19H2,1-2H3,(H,28,31)(H,29,32). The molecule has 0 saturated heterocycles. The van der Waals surface area contributed by atoms with Crippen LogP contribution < -0.4 is 10.6 Å². The fourth-order valence-electron chi connectivity index (χ4n) is 4.59. The Morgan fingerprint density at radius 3 is 2.22 bits per heavy atom. The molecule has 3 rings (SSSR count). The van der Waals surface area contributed by atoms with Crippen LogP contribution in [0.5, 0.6) is 0 Å². The van der Waals surface area contributed by atoms with Crippen molar-refractivity contribution in [2.75, 3.05) is 20.6 Å². The Balaban J connectivity index is 1.37. The van der Waals surface area contributed by atoms with E-state index in [1.807, 2.05) is 30.3 Å². The number of hydrogen-bond donors (Lipinski definition) is 2. The van der Waals surface area contributed by atoms with Crippen molar-refractivity contribution in [3.05, 3.63) is 70.7 Å². The van der Waals surface area contributed by atoms with Gasteiger partial charge in [-0.1, -0.05) is 54.1 Å². The zero-order valence-corrected chi connectivity index (χ0v) is 19.8. The molecule has 1 fully saturated rings. The van der Waals surface area contributed by atoms with E-state index in [2.05, 4.69) is 53.9 Å². The summed E-state index contributed by atoms with van der Waals surface area (Å²) in [5.74, 6) is -0.131. The predicted octanol–water partition coefficient (Wildman–Crippen LogP) is 4.29. The topological polar surface area (TPSA) is 61.4 Å². The number of halogens is 1. The van der Waals surface area contributed by atoms with Crippen molar-refractivity contribution in [1.29, 1.82) is 0 Å². The van der Waals surface area contributed by atoms with E-state index in [1.165, 1.54) is 5.56 Å². The van der Waals surface area contributed by atoms with Gasteiger partial charge in [-0.15, -0.1) is 0 Å². The van der Waals surface area contributed by atoms with E-state index in [0.29, 0.717) is 11.6 Å². The summed E-state index contributed by atoms with van der Waals surface area (Å²) in [7, 11) is 4.27. The maximum atomic E-state index is 12.4. The summed E-state index contributed by atoms with van der Waals surface area (Å²) < 4.78 is 0. The average molecular weight is 456 g/mol. The highest BCUT2D eigenvalue weighted by atomic mass is 35.5. The van der Waals surface area contributed by atoms with Crippen LogP contribution in [0.4, 0.5) is 0 Å². The first-order valence-corrected chi connectivity index (χ1v) is 11.8. The summed E-state index contributed by atoms with van der Waals surface area (Å²) >= 11 is 5.88. The van der Waals surface area contributed by atoms with Crippen LogP contribution in [0.25, 0.3) is 0 Å². The van der Waals surface area contributed by atoms with E-state index in [4.69, 9.17) is 11.6 Å². The second-order valence-corrected chi connectivity index (χ2v) is 9.30. The number of benzene rings is 2. The molecule has 2 aromatic carbocycles. The molecule has 1 aliphatic carbocycles. The monoisotopic (exact) mass is 455 g/mol. The number of hydrogen-bond acceptors (Lipinski definition) is 3. The lowest BCUT2D eigenvalue weighted by Gasteiger charge is -2.45. The minimum Gasteiger partial charge on any atom is -0.356 e. The number of amides is 2. The first kappa shape index (κ1) is 24.3. The van der Waals surface area contributed by atoms with Crippen LogP contribution in [0.2, 0.25) is 5.02 Å². The van der Waals surface area contributed by atoms with Crippen LogP contribution in [-0.4, -0.2) is 43.4 Å². The predicted molar refractivity (Wildman–Crippen MR) is 130 cm³/mol. The highest BCUT2D eigenvalue weighted by Gasteiger charge is 2.38. The van der Waals surface area contributed by atoms with E-state index in [0.717, 1.165) is 37.7 Å². The lowest BCUT2D eigenvalue weighted by Crippen LogP contribution is -2.48. The number of carbonyl (C=O) groups is 2. The molecule has 6 heteroatoms. The fourth-order valence-corrected chi connectivity index (χ4v) is 4.72. The summed E-state index contributed by atoms with van der Waals surface area (Å²) in [5.41, 5.74) is 2.48. The summed E-state index contributed by atoms with van der Waals surface area (Å²) in [4.78, 5) is 26.8. The normalized spacial score (nSPS) is 20.7. The zero-order valence-electron chi connectivity index (χ0n) is 19.1. The summed E-state index contributed by atoms with van der Waals surface area (Å²) in [5, 5.41) is 6.73. The van der Waals surface area contributed by atoms with Gasteiger partial charge in [0, 0.05) is 36.0 Å². The van der Waals surface area contributed by atoms with Gasteiger partial charge in [0.25, 0.3) is 0 Å². The molecule has 2 amide bonds. The third-order valence-corrected chi connectivity index (χ3v) is 6.83. The molecule has 0 radical (unpaired) electrons. The van der Waals surface area contributed by atoms with Crippen molar-refractivity contribution in [3.63, 3.8) is 0 Å². The number of nitrogens with one attached hydrogen (secondary N) is 2. The molecule has 1 saturated carbocycles. The van der Waals surface area contributed by atoms with Crippen molar-refractivity contribution in [3.8, 4) is 0 Å². The summed E-state index contributed by atoms with van der Waals surface area (Å²) in [6, 6.07) is 18.4. The van der Waals surface area contributed by atoms with E-state index in [-0.39, 0.29) is 36.2 Å². The fraction of sp³-hybridized carbons (Fsp3) is 0.462. The Morgan fingerprint density at radius 1 is 0.969 bits per heavy atom. The lowest BCUT2D eigenvalue weighted by atomic mass is 9.74. The maximum Gasteiger partial charge on any atom is 0.220 e. The van der Waals surface area contributed by atoms with Crippen molar-refractivity contribution >= 4 is 23.4 Å². The van der Waals surface area contributed by atoms with E-state index >= 15 is 0 Å². The van der Waals surface area contributed by atoms with Gasteiger partial charge in [-0.2, -0.15) is 0 Å². The SMILES string of the molecule is CN(C)C1(c2ccccc2)CCC(NC(=O)CCC(=O)NCCc2ccc(Cl)cc2)CC1. The number of nitrogens with zero attached hydrogens (tertiary/aromatic N) is 1. The third kappa shape index (κ3) is 6.57. The van der Waals surface area contributed by atoms with Gasteiger partial charge in [0.2, 0.25) is 11.8 Å². The molecule has 0 heterocycles. The van der Waals surface area contributed by atoms with Crippen LogP contribution >= 0.6 is 11.6 Å². The molecule has 172 valence electrons. The second-order valence-electron chi connectivity index (χ2n) is 8.86. The van der Waals surface area contributed by atoms with Crippen molar-refractivity contribution in [1.82, 2.24) is 15.5 Å². The summed E-state index contributed by atoms with van der Waals surface area (Å²) in [6.45, 7) is 0.552. The van der Waals surface area contributed by atoms with Gasteiger partial charge in [0.05, 0.1) is 0 Å². The smallest absolute Gasteiger partial charge is 0.220 e. The molecular weight excluding hydrogens is 422 g/mol. The highest BCUT2D eigenvalue weighted by Crippen LogP contribution is 2.41. The molecular formula is C26H34ClN3O2. The van der Waals surface area contributed by atoms with Crippen LogP contribution in [0.15, 0.2) is 54.6 Å². The van der Waals surface area contributed by atoms with Crippen LogP contribution in [0, 0.1) is 0 Å². The van der Waals surface area contributed by atoms with E-state index in [1.54, 1.807) is 0 Å². The summed E-state index contributed by atoms with van der Waals surface area (Å²) in [6.07, 6.45) is 5.05. The largest absolute Gasteiger partial charge is 0.356 e. The Kier molecular flexibility index (Phi) is 8.71. The lowest BCUT2D eigenvalue weighted by molar-refractivity contribution is -0.127. The van der Waals surface area contributed by atoms with Gasteiger partial charge in [0.1, 0.15) is 0 Å². The van der Waals surface area contributed by atoms with E-state index < -0.39 is 0 Å². The van der Waals surface area contributed by atoms with Crippen LogP contribution in [-0.2, 0) is 21.5 Å². The Labute approximate surface area is 196 Å². The van der Waals surface area contributed by atoms with Gasteiger partial charge in [-0.25, -0.2) is 0 Å². The molecule has 0 atom stereocenters. The quantitative estimate of drug-likeness (QED) is 0.592. The number of carbonyl (C=O) groups excluding carboxylic acids is 2. The third-order valence-electron chi connectivity index (χ3n) is 6.57. The van der Waals surface area contributed by atoms with Crippen molar-refractivity contribution < 1.29 is 9.59 Å².